The molecule has 0 aliphatic carbocycles. The Morgan fingerprint density at radius 1 is 0.853 bits per heavy atom. The summed E-state index contributed by atoms with van der Waals surface area (Å²) in [6, 6.07) is 12.4. The number of nitrogens with zero attached hydrogens (tertiary/aromatic N) is 5. The first-order valence-corrected chi connectivity index (χ1v) is 11.3. The lowest BCUT2D eigenvalue weighted by Gasteiger charge is -2.20. The Balaban J connectivity index is 1.47. The van der Waals surface area contributed by atoms with Crippen molar-refractivity contribution in [3.8, 4) is 0 Å². The van der Waals surface area contributed by atoms with E-state index in [1.165, 1.54) is 0 Å². The molecule has 9 heteroatoms. The second-order valence-electron chi connectivity index (χ2n) is 8.60. The van der Waals surface area contributed by atoms with Crippen LogP contribution in [0.3, 0.4) is 0 Å². The molecule has 3 heterocycles. The molecule has 0 saturated carbocycles. The first kappa shape index (κ1) is 23.3. The number of hydrogen-bond acceptors (Lipinski definition) is 7. The quantitative estimate of drug-likeness (QED) is 0.604. The Morgan fingerprint density at radius 2 is 1.68 bits per heavy atom. The van der Waals surface area contributed by atoms with Gasteiger partial charge in [0.2, 0.25) is 0 Å². The van der Waals surface area contributed by atoms with E-state index in [2.05, 4.69) is 42.7 Å². The normalized spacial score (nSPS) is 14.4. The molecule has 9 nitrogen and oxygen atoms in total. The number of rotatable bonds is 5. The fourth-order valence-corrected chi connectivity index (χ4v) is 3.76. The van der Waals surface area contributed by atoms with Crippen molar-refractivity contribution in [3.63, 3.8) is 0 Å². The van der Waals surface area contributed by atoms with Gasteiger partial charge in [0.05, 0.1) is 11.3 Å². The van der Waals surface area contributed by atoms with E-state index in [4.69, 9.17) is 0 Å². The van der Waals surface area contributed by atoms with E-state index < -0.39 is 5.91 Å². The molecule has 2 aromatic heterocycles. The molecule has 176 valence electrons. The highest BCUT2D eigenvalue weighted by Crippen LogP contribution is 2.20. The van der Waals surface area contributed by atoms with Gasteiger partial charge in [0.15, 0.2) is 11.5 Å². The molecule has 2 N–H and O–H groups in total. The van der Waals surface area contributed by atoms with Crippen molar-refractivity contribution >= 4 is 29.1 Å². The second kappa shape index (κ2) is 10.4. The van der Waals surface area contributed by atoms with Crippen LogP contribution in [-0.4, -0.2) is 65.1 Å². The fraction of sp³-hybridized carbons (Fsp3) is 0.320. The van der Waals surface area contributed by atoms with Crippen molar-refractivity contribution in [2.45, 2.75) is 20.3 Å². The summed E-state index contributed by atoms with van der Waals surface area (Å²) < 4.78 is 0. The number of pyridine rings is 1. The van der Waals surface area contributed by atoms with E-state index in [0.29, 0.717) is 17.1 Å². The monoisotopic (exact) mass is 459 g/mol. The number of aryl methyl sites for hydroxylation is 2. The number of amides is 2. The topological polar surface area (TPSA) is 103 Å². The van der Waals surface area contributed by atoms with E-state index in [1.807, 2.05) is 32.0 Å². The third-order valence-electron chi connectivity index (χ3n) is 5.75. The molecule has 3 aromatic rings. The molecule has 1 aliphatic heterocycles. The van der Waals surface area contributed by atoms with Crippen LogP contribution in [0.25, 0.3) is 0 Å². The highest BCUT2D eigenvalue weighted by Gasteiger charge is 2.18. The summed E-state index contributed by atoms with van der Waals surface area (Å²) >= 11 is 0. The van der Waals surface area contributed by atoms with Gasteiger partial charge in [0, 0.05) is 25.8 Å². The minimum absolute atomic E-state index is 0.183. The SMILES string of the molecule is Cc1ccc(NC(=O)c2cc(C)ccc2NC(=O)c2ccc(N3CCCN(C)CC3)nn2)nc1. The van der Waals surface area contributed by atoms with Gasteiger partial charge in [-0.25, -0.2) is 4.98 Å². The largest absolute Gasteiger partial charge is 0.354 e. The van der Waals surface area contributed by atoms with Gasteiger partial charge < -0.3 is 20.4 Å². The number of benzene rings is 1. The Hall–Kier alpha value is -3.85. The molecular formula is C25H29N7O2. The lowest BCUT2D eigenvalue weighted by Crippen LogP contribution is -2.29. The number of carbonyl (C=O) groups excluding carboxylic acids is 2. The highest BCUT2D eigenvalue weighted by molar-refractivity contribution is 6.12. The predicted octanol–water partition coefficient (Wildman–Crippen LogP) is 3.13. The summed E-state index contributed by atoms with van der Waals surface area (Å²) in [7, 11) is 2.11. The van der Waals surface area contributed by atoms with Crippen LogP contribution in [-0.2, 0) is 0 Å². The standard InChI is InChI=1S/C25H29N7O2/c1-17-5-7-20(19(15-17)24(33)28-22-9-6-18(2)16-26-22)27-25(34)21-8-10-23(30-29-21)32-12-4-11-31(3)13-14-32/h5-10,15-16H,4,11-14H2,1-3H3,(H,27,34)(H,26,28,33). The summed E-state index contributed by atoms with van der Waals surface area (Å²) in [6.45, 7) is 7.60. The summed E-state index contributed by atoms with van der Waals surface area (Å²) in [5, 5.41) is 14.0. The number of carbonyl (C=O) groups is 2. The fourth-order valence-electron chi connectivity index (χ4n) is 3.76. The molecule has 0 unspecified atom stereocenters. The van der Waals surface area contributed by atoms with Crippen molar-refractivity contribution in [2.75, 3.05) is 48.8 Å². The van der Waals surface area contributed by atoms with Crippen LogP contribution in [0, 0.1) is 13.8 Å². The Morgan fingerprint density at radius 3 is 2.41 bits per heavy atom. The van der Waals surface area contributed by atoms with E-state index in [1.54, 1.807) is 30.5 Å². The molecule has 1 aromatic carbocycles. The summed E-state index contributed by atoms with van der Waals surface area (Å²) in [5.41, 5.74) is 2.81. The number of likely N-dealkylation sites (N-methyl/N-ethyl adjacent to an activating group) is 1. The Bertz CT molecular complexity index is 1160. The van der Waals surface area contributed by atoms with Gasteiger partial charge in [-0.05, 0) is 69.8 Å². The lowest BCUT2D eigenvalue weighted by molar-refractivity contribution is 0.102. The average molecular weight is 460 g/mol. The van der Waals surface area contributed by atoms with Crippen molar-refractivity contribution in [1.29, 1.82) is 0 Å². The van der Waals surface area contributed by atoms with Crippen molar-refractivity contribution in [1.82, 2.24) is 20.1 Å². The maximum absolute atomic E-state index is 12.9. The molecule has 0 spiro atoms. The molecule has 0 bridgehead atoms. The number of aromatic nitrogens is 3. The van der Waals surface area contributed by atoms with E-state index in [-0.39, 0.29) is 11.6 Å². The van der Waals surface area contributed by atoms with Crippen molar-refractivity contribution < 1.29 is 9.59 Å². The van der Waals surface area contributed by atoms with Gasteiger partial charge in [0.25, 0.3) is 11.8 Å². The summed E-state index contributed by atoms with van der Waals surface area (Å²) in [4.78, 5) is 34.5. The van der Waals surface area contributed by atoms with Crippen LogP contribution in [0.1, 0.15) is 38.4 Å². The van der Waals surface area contributed by atoms with E-state index >= 15 is 0 Å². The molecule has 2 amide bonds. The highest BCUT2D eigenvalue weighted by atomic mass is 16.2. The zero-order chi connectivity index (χ0) is 24.1. The van der Waals surface area contributed by atoms with E-state index in [9.17, 15) is 9.59 Å². The van der Waals surface area contributed by atoms with Gasteiger partial charge in [-0.2, -0.15) is 0 Å². The van der Waals surface area contributed by atoms with Gasteiger partial charge in [0.1, 0.15) is 5.82 Å². The maximum Gasteiger partial charge on any atom is 0.276 e. The molecular weight excluding hydrogens is 430 g/mol. The average Bonchev–Trinajstić information content (AvgIpc) is 3.06. The van der Waals surface area contributed by atoms with Crippen LogP contribution >= 0.6 is 0 Å². The van der Waals surface area contributed by atoms with Crippen LogP contribution in [0.4, 0.5) is 17.3 Å². The minimum atomic E-state index is -0.430. The number of nitrogens with one attached hydrogen (secondary N) is 2. The molecule has 1 aliphatic rings. The Labute approximate surface area is 199 Å². The summed E-state index contributed by atoms with van der Waals surface area (Å²) in [6.07, 6.45) is 2.73. The first-order valence-electron chi connectivity index (χ1n) is 11.3. The molecule has 0 atom stereocenters. The van der Waals surface area contributed by atoms with Crippen LogP contribution in [0.15, 0.2) is 48.7 Å². The van der Waals surface area contributed by atoms with Crippen LogP contribution in [0.5, 0.6) is 0 Å². The zero-order valence-electron chi connectivity index (χ0n) is 19.7. The third kappa shape index (κ3) is 5.74. The van der Waals surface area contributed by atoms with Crippen molar-refractivity contribution in [2.24, 2.45) is 0 Å². The Kier molecular flexibility index (Phi) is 7.12. The van der Waals surface area contributed by atoms with Crippen LogP contribution in [0.2, 0.25) is 0 Å². The first-order chi connectivity index (χ1) is 16.4. The predicted molar refractivity (Wildman–Crippen MR) is 132 cm³/mol. The lowest BCUT2D eigenvalue weighted by atomic mass is 10.1. The third-order valence-corrected chi connectivity index (χ3v) is 5.75. The van der Waals surface area contributed by atoms with Crippen LogP contribution < -0.4 is 15.5 Å². The van der Waals surface area contributed by atoms with Gasteiger partial charge >= 0.3 is 0 Å². The molecule has 1 saturated heterocycles. The molecule has 0 radical (unpaired) electrons. The molecule has 1 fully saturated rings. The summed E-state index contributed by atoms with van der Waals surface area (Å²) in [5.74, 6) is 0.410. The van der Waals surface area contributed by atoms with Gasteiger partial charge in [-0.1, -0.05) is 17.7 Å². The number of anilines is 3. The molecule has 4 rings (SSSR count). The van der Waals surface area contributed by atoms with Gasteiger partial charge in [-0.15, -0.1) is 10.2 Å². The van der Waals surface area contributed by atoms with Crippen molar-refractivity contribution in [3.05, 3.63) is 71.0 Å². The minimum Gasteiger partial charge on any atom is -0.354 e. The maximum atomic E-state index is 12.9. The van der Waals surface area contributed by atoms with E-state index in [0.717, 1.165) is 49.5 Å². The smallest absolute Gasteiger partial charge is 0.276 e. The number of hydrogen-bond donors (Lipinski definition) is 2. The van der Waals surface area contributed by atoms with Gasteiger partial charge in [-0.3, -0.25) is 9.59 Å². The molecule has 34 heavy (non-hydrogen) atoms. The second-order valence-corrected chi connectivity index (χ2v) is 8.60. The zero-order valence-corrected chi connectivity index (χ0v) is 19.7.